The van der Waals surface area contributed by atoms with Gasteiger partial charge in [0.05, 0.1) is 0 Å². The maximum absolute atomic E-state index is 12.9. The second kappa shape index (κ2) is 8.13. The number of fused-ring (bicyclic) bond motifs is 3. The first-order valence-electron chi connectivity index (χ1n) is 9.82. The summed E-state index contributed by atoms with van der Waals surface area (Å²) in [5.74, 6) is -6.33. The van der Waals surface area contributed by atoms with Gasteiger partial charge in [-0.1, -0.05) is 48.5 Å². The zero-order valence-corrected chi connectivity index (χ0v) is 17.6. The zero-order valence-electron chi connectivity index (χ0n) is 17.6. The summed E-state index contributed by atoms with van der Waals surface area (Å²) in [5, 5.41) is 9.38. The maximum atomic E-state index is 12.9. The Labute approximate surface area is 180 Å². The average Bonchev–Trinajstić information content (AvgIpc) is 2.98. The molecule has 0 bridgehead atoms. The van der Waals surface area contributed by atoms with Gasteiger partial charge in [-0.3, -0.25) is 9.59 Å². The highest BCUT2D eigenvalue weighted by Gasteiger charge is 2.51. The molecule has 0 heterocycles. The lowest BCUT2D eigenvalue weighted by molar-refractivity contribution is -0.177. The second-order valence-electron chi connectivity index (χ2n) is 8.56. The molecule has 31 heavy (non-hydrogen) atoms. The Balaban J connectivity index is 1.86. The fraction of sp³-hybridized carbons (Fsp3) is 0.348. The summed E-state index contributed by atoms with van der Waals surface area (Å²) in [6.07, 6.45) is 0. The highest BCUT2D eigenvalue weighted by Crippen LogP contribution is 2.44. The summed E-state index contributed by atoms with van der Waals surface area (Å²) in [6, 6.07) is 15.5. The Kier molecular flexibility index (Phi) is 5.89. The molecule has 164 valence electrons. The molecule has 3 rings (SSSR count). The van der Waals surface area contributed by atoms with Crippen molar-refractivity contribution in [1.82, 2.24) is 0 Å². The van der Waals surface area contributed by atoms with E-state index in [1.165, 1.54) is 0 Å². The van der Waals surface area contributed by atoms with Gasteiger partial charge in [0.25, 0.3) is 0 Å². The van der Waals surface area contributed by atoms with Crippen LogP contribution in [0.25, 0.3) is 11.1 Å². The van der Waals surface area contributed by atoms with E-state index in [0.29, 0.717) is 0 Å². The topological polar surface area (TPSA) is 142 Å². The van der Waals surface area contributed by atoms with Crippen LogP contribution in [0.1, 0.15) is 37.8 Å². The first-order valence-corrected chi connectivity index (χ1v) is 9.82. The van der Waals surface area contributed by atoms with Crippen LogP contribution < -0.4 is 11.5 Å². The lowest BCUT2D eigenvalue weighted by Gasteiger charge is -2.30. The van der Waals surface area contributed by atoms with E-state index in [1.807, 2.05) is 48.5 Å². The molecule has 0 saturated heterocycles. The van der Waals surface area contributed by atoms with Crippen molar-refractivity contribution in [2.75, 3.05) is 6.61 Å². The predicted octanol–water partition coefficient (Wildman–Crippen LogP) is 2.00. The fourth-order valence-corrected chi connectivity index (χ4v) is 3.66. The molecule has 1 unspecified atom stereocenters. The Morgan fingerprint density at radius 2 is 1.42 bits per heavy atom. The van der Waals surface area contributed by atoms with Gasteiger partial charge in [0.15, 0.2) is 11.6 Å². The van der Waals surface area contributed by atoms with Crippen LogP contribution in [0.15, 0.2) is 48.5 Å². The molecule has 0 fully saturated rings. The number of hydrogen-bond acceptors (Lipinski definition) is 7. The van der Waals surface area contributed by atoms with Crippen molar-refractivity contribution >= 4 is 17.9 Å². The van der Waals surface area contributed by atoms with E-state index in [4.69, 9.17) is 20.9 Å². The zero-order chi connectivity index (χ0) is 23.0. The minimum absolute atomic E-state index is 0.109. The van der Waals surface area contributed by atoms with Crippen LogP contribution in [-0.2, 0) is 23.9 Å². The number of carboxylic acid groups (broad SMARTS) is 1. The van der Waals surface area contributed by atoms with Crippen molar-refractivity contribution in [2.24, 2.45) is 17.4 Å². The Hall–Kier alpha value is -3.23. The van der Waals surface area contributed by atoms with Crippen LogP contribution in [0.2, 0.25) is 0 Å². The number of carbonyl (C=O) groups is 3. The third-order valence-electron chi connectivity index (χ3n) is 5.08. The molecule has 0 radical (unpaired) electrons. The van der Waals surface area contributed by atoms with Gasteiger partial charge in [-0.25, -0.2) is 4.79 Å². The van der Waals surface area contributed by atoms with Gasteiger partial charge in [0.1, 0.15) is 12.2 Å². The fourth-order valence-electron chi connectivity index (χ4n) is 3.66. The van der Waals surface area contributed by atoms with Crippen LogP contribution in [0.3, 0.4) is 0 Å². The standard InChI is InChI=1S/C23H26N2O6/c1-22(2,3)31-20(27)18(23(24,25)21(28)29)19(26)30-12-17-15-10-6-4-8-13(15)14-9-5-7-11-16(14)17/h4-11,17-18H,12,24-25H2,1-3H3,(H,28,29). The van der Waals surface area contributed by atoms with E-state index in [2.05, 4.69) is 0 Å². The summed E-state index contributed by atoms with van der Waals surface area (Å²) < 4.78 is 10.6. The molecule has 0 aromatic heterocycles. The van der Waals surface area contributed by atoms with Crippen LogP contribution in [-0.4, -0.2) is 40.9 Å². The van der Waals surface area contributed by atoms with Crippen molar-refractivity contribution in [1.29, 1.82) is 0 Å². The largest absolute Gasteiger partial charge is 0.479 e. The average molecular weight is 426 g/mol. The van der Waals surface area contributed by atoms with E-state index in [-0.39, 0.29) is 12.5 Å². The summed E-state index contributed by atoms with van der Waals surface area (Å²) >= 11 is 0. The van der Waals surface area contributed by atoms with E-state index in [1.54, 1.807) is 20.8 Å². The first kappa shape index (κ1) is 22.5. The SMILES string of the molecule is CC(C)(C)OC(=O)C(C(=O)OCC1c2ccccc2-c2ccccc21)C(N)(N)C(=O)O. The van der Waals surface area contributed by atoms with E-state index < -0.39 is 35.1 Å². The van der Waals surface area contributed by atoms with E-state index >= 15 is 0 Å². The van der Waals surface area contributed by atoms with Gasteiger partial charge in [0.2, 0.25) is 0 Å². The molecular weight excluding hydrogens is 400 g/mol. The quantitative estimate of drug-likeness (QED) is 0.362. The predicted molar refractivity (Wildman–Crippen MR) is 113 cm³/mol. The number of aliphatic carboxylic acids is 1. The van der Waals surface area contributed by atoms with Crippen LogP contribution in [0.4, 0.5) is 0 Å². The lowest BCUT2D eigenvalue weighted by atomic mass is 9.93. The third-order valence-corrected chi connectivity index (χ3v) is 5.08. The van der Waals surface area contributed by atoms with Gasteiger partial charge >= 0.3 is 17.9 Å². The molecule has 0 amide bonds. The van der Waals surface area contributed by atoms with Crippen LogP contribution in [0, 0.1) is 5.92 Å². The van der Waals surface area contributed by atoms with Crippen molar-refractivity contribution in [3.8, 4) is 11.1 Å². The van der Waals surface area contributed by atoms with E-state index in [9.17, 15) is 19.5 Å². The molecule has 8 heteroatoms. The molecule has 0 saturated carbocycles. The summed E-state index contributed by atoms with van der Waals surface area (Å²) in [5.41, 5.74) is 11.6. The van der Waals surface area contributed by atoms with Gasteiger partial charge in [-0.05, 0) is 43.0 Å². The van der Waals surface area contributed by atoms with Gasteiger partial charge < -0.3 is 26.0 Å². The normalized spacial score (nSPS) is 14.4. The Morgan fingerprint density at radius 3 is 1.87 bits per heavy atom. The minimum atomic E-state index is -2.69. The molecule has 8 nitrogen and oxygen atoms in total. The van der Waals surface area contributed by atoms with Crippen LogP contribution in [0.5, 0.6) is 0 Å². The Morgan fingerprint density at radius 1 is 0.935 bits per heavy atom. The highest BCUT2D eigenvalue weighted by atomic mass is 16.6. The van der Waals surface area contributed by atoms with Crippen molar-refractivity contribution in [3.05, 3.63) is 59.7 Å². The molecule has 0 aliphatic heterocycles. The van der Waals surface area contributed by atoms with Crippen molar-refractivity contribution in [3.63, 3.8) is 0 Å². The van der Waals surface area contributed by atoms with Crippen molar-refractivity contribution in [2.45, 2.75) is 38.0 Å². The van der Waals surface area contributed by atoms with Gasteiger partial charge in [0, 0.05) is 5.92 Å². The number of hydrogen-bond donors (Lipinski definition) is 3. The molecular formula is C23H26N2O6. The number of carboxylic acids is 1. The monoisotopic (exact) mass is 426 g/mol. The third kappa shape index (κ3) is 4.45. The molecule has 5 N–H and O–H groups in total. The van der Waals surface area contributed by atoms with Gasteiger partial charge in [-0.15, -0.1) is 0 Å². The number of ether oxygens (including phenoxy) is 2. The second-order valence-corrected chi connectivity index (χ2v) is 8.56. The number of carbonyl (C=O) groups excluding carboxylic acids is 2. The Bertz CT molecular complexity index is 979. The molecule has 1 atom stereocenters. The number of rotatable bonds is 6. The van der Waals surface area contributed by atoms with Crippen LogP contribution >= 0.6 is 0 Å². The number of nitrogens with two attached hydrogens (primary N) is 2. The maximum Gasteiger partial charge on any atom is 0.340 e. The van der Waals surface area contributed by atoms with Gasteiger partial charge in [-0.2, -0.15) is 0 Å². The molecule has 1 aliphatic rings. The lowest BCUT2D eigenvalue weighted by Crippen LogP contribution is -2.66. The summed E-state index contributed by atoms with van der Waals surface area (Å²) in [4.78, 5) is 37.0. The summed E-state index contributed by atoms with van der Waals surface area (Å²) in [7, 11) is 0. The molecule has 2 aromatic rings. The summed E-state index contributed by atoms with van der Waals surface area (Å²) in [6.45, 7) is 4.63. The highest BCUT2D eigenvalue weighted by molar-refractivity contribution is 6.02. The molecule has 2 aromatic carbocycles. The molecule has 0 spiro atoms. The minimum Gasteiger partial charge on any atom is -0.479 e. The number of esters is 2. The van der Waals surface area contributed by atoms with Crippen molar-refractivity contribution < 1.29 is 29.0 Å². The molecule has 1 aliphatic carbocycles. The number of benzene rings is 2. The first-order chi connectivity index (χ1) is 14.4. The van der Waals surface area contributed by atoms with E-state index in [0.717, 1.165) is 22.3 Å². The smallest absolute Gasteiger partial charge is 0.340 e.